The maximum atomic E-state index is 13.2. The van der Waals surface area contributed by atoms with E-state index >= 15 is 0 Å². The average molecular weight is 426 g/mol. The van der Waals surface area contributed by atoms with Crippen LogP contribution in [-0.4, -0.2) is 16.7 Å². The van der Waals surface area contributed by atoms with Crippen molar-refractivity contribution in [2.45, 2.75) is 45.1 Å². The Balaban J connectivity index is 2.30. The molecule has 28 heavy (non-hydrogen) atoms. The maximum absolute atomic E-state index is 13.2. The molecule has 2 rings (SSSR count). The van der Waals surface area contributed by atoms with Gasteiger partial charge in [0.2, 0.25) is 0 Å². The molecule has 1 amide bonds. The van der Waals surface area contributed by atoms with E-state index < -0.39 is 40.3 Å². The van der Waals surface area contributed by atoms with Crippen LogP contribution in [0.5, 0.6) is 0 Å². The lowest BCUT2D eigenvalue weighted by atomic mass is 10.1. The van der Waals surface area contributed by atoms with Gasteiger partial charge < -0.3 is 4.74 Å². The van der Waals surface area contributed by atoms with Gasteiger partial charge in [-0.1, -0.05) is 18.2 Å². The predicted octanol–water partition coefficient (Wildman–Crippen LogP) is 6.12. The van der Waals surface area contributed by atoms with Gasteiger partial charge in [-0.25, -0.2) is 9.78 Å². The number of alkyl halides is 6. The predicted molar refractivity (Wildman–Crippen MR) is 91.2 cm³/mol. The van der Waals surface area contributed by atoms with Gasteiger partial charge in [0, 0.05) is 6.42 Å². The number of rotatable bonds is 3. The SMILES string of the molecule is CC(C)(C)OC(=O)Nc1sc(Cc2cccc(C(F)(F)F)c2)nc1C(F)(F)F. The molecule has 0 radical (unpaired) electrons. The number of hydrogen-bond acceptors (Lipinski definition) is 4. The van der Waals surface area contributed by atoms with E-state index in [4.69, 9.17) is 4.74 Å². The first kappa shape index (κ1) is 22.0. The van der Waals surface area contributed by atoms with Crippen LogP contribution >= 0.6 is 11.3 Å². The van der Waals surface area contributed by atoms with Gasteiger partial charge in [0.1, 0.15) is 10.6 Å². The minimum Gasteiger partial charge on any atom is -0.444 e. The molecule has 0 unspecified atom stereocenters. The van der Waals surface area contributed by atoms with Crippen molar-refractivity contribution in [3.63, 3.8) is 0 Å². The van der Waals surface area contributed by atoms with Crippen LogP contribution < -0.4 is 5.32 Å². The zero-order valence-corrected chi connectivity index (χ0v) is 15.8. The van der Waals surface area contributed by atoms with E-state index in [9.17, 15) is 31.1 Å². The Bertz CT molecular complexity index is 853. The minimum atomic E-state index is -4.85. The van der Waals surface area contributed by atoms with Gasteiger partial charge in [-0.3, -0.25) is 5.32 Å². The van der Waals surface area contributed by atoms with E-state index in [2.05, 4.69) is 4.98 Å². The Hall–Kier alpha value is -2.30. The highest BCUT2D eigenvalue weighted by molar-refractivity contribution is 7.16. The lowest BCUT2D eigenvalue weighted by molar-refractivity contribution is -0.140. The summed E-state index contributed by atoms with van der Waals surface area (Å²) in [5.41, 5.74) is -3.02. The zero-order valence-electron chi connectivity index (χ0n) is 15.0. The largest absolute Gasteiger partial charge is 0.444 e. The highest BCUT2D eigenvalue weighted by atomic mass is 32.1. The van der Waals surface area contributed by atoms with Crippen LogP contribution in [0.25, 0.3) is 0 Å². The van der Waals surface area contributed by atoms with Crippen LogP contribution in [0.15, 0.2) is 24.3 Å². The molecule has 0 aliphatic heterocycles. The maximum Gasteiger partial charge on any atom is 0.436 e. The molecule has 0 atom stereocenters. The molecule has 0 aliphatic carbocycles. The van der Waals surface area contributed by atoms with Crippen LogP contribution in [0, 0.1) is 0 Å². The molecule has 0 bridgehead atoms. The molecular weight excluding hydrogens is 410 g/mol. The highest BCUT2D eigenvalue weighted by Crippen LogP contribution is 2.39. The van der Waals surface area contributed by atoms with Crippen molar-refractivity contribution in [3.05, 3.63) is 46.1 Å². The number of carbonyl (C=O) groups is 1. The molecule has 0 fully saturated rings. The fourth-order valence-electron chi connectivity index (χ4n) is 2.15. The van der Waals surface area contributed by atoms with Crippen molar-refractivity contribution in [3.8, 4) is 0 Å². The fraction of sp³-hybridized carbons (Fsp3) is 0.412. The van der Waals surface area contributed by atoms with Crippen LogP contribution in [0.2, 0.25) is 0 Å². The first-order valence-corrected chi connectivity index (χ1v) is 8.70. The van der Waals surface area contributed by atoms with E-state index in [0.29, 0.717) is 11.3 Å². The Morgan fingerprint density at radius 3 is 2.29 bits per heavy atom. The van der Waals surface area contributed by atoms with Gasteiger partial charge in [-0.2, -0.15) is 26.3 Å². The first-order chi connectivity index (χ1) is 12.6. The summed E-state index contributed by atoms with van der Waals surface area (Å²) in [5.74, 6) is 0. The van der Waals surface area contributed by atoms with Crippen molar-refractivity contribution in [2.24, 2.45) is 0 Å². The average Bonchev–Trinajstić information content (AvgIpc) is 2.87. The number of carbonyl (C=O) groups excluding carboxylic acids is 1. The third-order valence-electron chi connectivity index (χ3n) is 3.16. The van der Waals surface area contributed by atoms with Crippen LogP contribution in [0.3, 0.4) is 0 Å². The van der Waals surface area contributed by atoms with Crippen molar-refractivity contribution in [1.29, 1.82) is 0 Å². The Morgan fingerprint density at radius 2 is 1.75 bits per heavy atom. The lowest BCUT2D eigenvalue weighted by Crippen LogP contribution is -2.27. The topological polar surface area (TPSA) is 51.2 Å². The monoisotopic (exact) mass is 426 g/mol. The van der Waals surface area contributed by atoms with E-state index in [-0.39, 0.29) is 17.0 Å². The number of nitrogens with one attached hydrogen (secondary N) is 1. The molecule has 11 heteroatoms. The second kappa shape index (κ2) is 7.61. The smallest absolute Gasteiger partial charge is 0.436 e. The number of aromatic nitrogens is 1. The minimum absolute atomic E-state index is 0.0993. The van der Waals surface area contributed by atoms with Crippen molar-refractivity contribution in [1.82, 2.24) is 4.98 Å². The third kappa shape index (κ3) is 6.11. The van der Waals surface area contributed by atoms with Gasteiger partial charge in [0.05, 0.1) is 10.6 Å². The van der Waals surface area contributed by atoms with Gasteiger partial charge >= 0.3 is 18.4 Å². The normalized spacial score (nSPS) is 12.8. The number of halogens is 6. The Kier molecular flexibility index (Phi) is 5.98. The highest BCUT2D eigenvalue weighted by Gasteiger charge is 2.38. The number of benzene rings is 1. The second-order valence-electron chi connectivity index (χ2n) is 6.78. The Morgan fingerprint density at radius 1 is 1.11 bits per heavy atom. The van der Waals surface area contributed by atoms with E-state index in [0.717, 1.165) is 18.2 Å². The summed E-state index contributed by atoms with van der Waals surface area (Å²) in [5, 5.41) is 1.33. The third-order valence-corrected chi connectivity index (χ3v) is 4.13. The van der Waals surface area contributed by atoms with E-state index in [1.165, 1.54) is 6.07 Å². The van der Waals surface area contributed by atoms with Crippen molar-refractivity contribution < 1.29 is 35.9 Å². The quantitative estimate of drug-likeness (QED) is 0.602. The van der Waals surface area contributed by atoms with Crippen molar-refractivity contribution in [2.75, 3.05) is 5.32 Å². The van der Waals surface area contributed by atoms with Gasteiger partial charge in [0.25, 0.3) is 0 Å². The zero-order chi connectivity index (χ0) is 21.3. The molecule has 0 saturated heterocycles. The summed E-state index contributed by atoms with van der Waals surface area (Å²) in [7, 11) is 0. The number of ether oxygens (including phenoxy) is 1. The standard InChI is InChI=1S/C17H16F6N2O2S/c1-15(2,3)27-14(26)25-13-12(17(21,22)23)24-11(28-13)8-9-5-4-6-10(7-9)16(18,19)20/h4-7H,8H2,1-3H3,(H,25,26). The molecule has 1 aromatic carbocycles. The summed E-state index contributed by atoms with van der Waals surface area (Å²) in [6.45, 7) is 4.63. The van der Waals surface area contributed by atoms with Crippen LogP contribution in [0.1, 0.15) is 42.6 Å². The van der Waals surface area contributed by atoms with Gasteiger partial charge in [-0.05, 0) is 32.4 Å². The number of nitrogens with zero attached hydrogens (tertiary/aromatic N) is 1. The number of thiazole rings is 1. The Labute approximate surface area is 160 Å². The molecule has 1 aromatic heterocycles. The summed E-state index contributed by atoms with van der Waals surface area (Å²) < 4.78 is 82.9. The molecule has 1 N–H and O–H groups in total. The van der Waals surface area contributed by atoms with E-state index in [1.807, 2.05) is 5.32 Å². The molecule has 154 valence electrons. The van der Waals surface area contributed by atoms with Gasteiger partial charge in [0.15, 0.2) is 5.69 Å². The number of anilines is 1. The number of amides is 1. The van der Waals surface area contributed by atoms with E-state index in [1.54, 1.807) is 20.8 Å². The summed E-state index contributed by atoms with van der Waals surface area (Å²) in [4.78, 5) is 15.2. The summed E-state index contributed by atoms with van der Waals surface area (Å²) in [6, 6.07) is 4.22. The number of hydrogen-bond donors (Lipinski definition) is 1. The summed E-state index contributed by atoms with van der Waals surface area (Å²) >= 11 is 0.525. The molecular formula is C17H16F6N2O2S. The first-order valence-electron chi connectivity index (χ1n) is 7.88. The fourth-order valence-corrected chi connectivity index (χ4v) is 3.15. The molecule has 0 saturated carbocycles. The molecule has 0 spiro atoms. The van der Waals surface area contributed by atoms with Crippen LogP contribution in [0.4, 0.5) is 36.1 Å². The van der Waals surface area contributed by atoms with Crippen LogP contribution in [-0.2, 0) is 23.5 Å². The second-order valence-corrected chi connectivity index (χ2v) is 7.87. The molecule has 0 aliphatic rings. The van der Waals surface area contributed by atoms with Crippen molar-refractivity contribution >= 4 is 22.4 Å². The summed E-state index contributed by atoms with van der Waals surface area (Å²) in [6.07, 6.45) is -10.8. The lowest BCUT2D eigenvalue weighted by Gasteiger charge is -2.19. The molecule has 2 aromatic rings. The molecule has 4 nitrogen and oxygen atoms in total. The van der Waals surface area contributed by atoms with Gasteiger partial charge in [-0.15, -0.1) is 11.3 Å². The molecule has 1 heterocycles.